The van der Waals surface area contributed by atoms with Crippen molar-refractivity contribution in [3.63, 3.8) is 0 Å². The van der Waals surface area contributed by atoms with Gasteiger partial charge in [0.2, 0.25) is 0 Å². The first-order chi connectivity index (χ1) is 9.87. The molecular weight excluding hydrogens is 310 g/mol. The van der Waals surface area contributed by atoms with Gasteiger partial charge < -0.3 is 4.90 Å². The first-order valence-corrected chi connectivity index (χ1v) is 9.35. The van der Waals surface area contributed by atoms with Gasteiger partial charge in [-0.15, -0.1) is 0 Å². The molecule has 1 heterocycles. The molecule has 1 amide bonds. The Kier molecular flexibility index (Phi) is 3.74. The molecule has 1 saturated carbocycles. The third-order valence-corrected chi connectivity index (χ3v) is 6.22. The zero-order chi connectivity index (χ0) is 15.2. The molecule has 1 atom stereocenters. The summed E-state index contributed by atoms with van der Waals surface area (Å²) in [5.41, 5.74) is 1.46. The first kappa shape index (κ1) is 14.9. The monoisotopic (exact) mass is 327 g/mol. The first-order valence-electron chi connectivity index (χ1n) is 7.15. The van der Waals surface area contributed by atoms with Gasteiger partial charge in [0.05, 0.1) is 22.1 Å². The fourth-order valence-corrected chi connectivity index (χ4v) is 4.84. The predicted molar refractivity (Wildman–Crippen MR) is 82.4 cm³/mol. The van der Waals surface area contributed by atoms with Crippen LogP contribution in [0.4, 0.5) is 0 Å². The van der Waals surface area contributed by atoms with E-state index < -0.39 is 9.84 Å². The Morgan fingerprint density at radius 2 is 2.05 bits per heavy atom. The zero-order valence-electron chi connectivity index (χ0n) is 11.9. The highest BCUT2D eigenvalue weighted by Gasteiger charge is 2.43. The number of aryl methyl sites for hydroxylation is 1. The quantitative estimate of drug-likeness (QED) is 0.837. The Balaban J connectivity index is 1.89. The molecule has 3 rings (SSSR count). The summed E-state index contributed by atoms with van der Waals surface area (Å²) in [7, 11) is -3.03. The van der Waals surface area contributed by atoms with E-state index in [1.807, 2.05) is 13.0 Å². The molecule has 1 unspecified atom stereocenters. The van der Waals surface area contributed by atoms with Crippen molar-refractivity contribution >= 4 is 27.3 Å². The van der Waals surface area contributed by atoms with E-state index in [1.54, 1.807) is 17.0 Å². The van der Waals surface area contributed by atoms with E-state index in [2.05, 4.69) is 0 Å². The van der Waals surface area contributed by atoms with Crippen molar-refractivity contribution in [3.05, 3.63) is 34.3 Å². The number of hydrogen-bond donors (Lipinski definition) is 0. The molecule has 0 bridgehead atoms. The van der Waals surface area contributed by atoms with E-state index in [9.17, 15) is 13.2 Å². The van der Waals surface area contributed by atoms with Crippen LogP contribution in [0.25, 0.3) is 0 Å². The summed E-state index contributed by atoms with van der Waals surface area (Å²) in [6.07, 6.45) is 2.01. The molecule has 1 aliphatic heterocycles. The lowest BCUT2D eigenvalue weighted by molar-refractivity contribution is 0.0679. The van der Waals surface area contributed by atoms with E-state index in [0.29, 0.717) is 16.5 Å². The van der Waals surface area contributed by atoms with Crippen LogP contribution in [0.2, 0.25) is 5.02 Å². The van der Waals surface area contributed by atoms with Crippen molar-refractivity contribution in [2.75, 3.05) is 18.1 Å². The van der Waals surface area contributed by atoms with Gasteiger partial charge in [0.1, 0.15) is 0 Å². The average molecular weight is 328 g/mol. The van der Waals surface area contributed by atoms with Gasteiger partial charge in [0.15, 0.2) is 9.84 Å². The fourth-order valence-electron chi connectivity index (χ4n) is 2.91. The molecule has 6 heteroatoms. The summed E-state index contributed by atoms with van der Waals surface area (Å²) in [6.45, 7) is 2.19. The zero-order valence-corrected chi connectivity index (χ0v) is 13.5. The Bertz CT molecular complexity index is 682. The van der Waals surface area contributed by atoms with Crippen LogP contribution in [-0.4, -0.2) is 43.3 Å². The van der Waals surface area contributed by atoms with Crippen LogP contribution >= 0.6 is 11.6 Å². The molecule has 2 aliphatic rings. The van der Waals surface area contributed by atoms with Crippen molar-refractivity contribution in [2.24, 2.45) is 5.92 Å². The molecule has 21 heavy (non-hydrogen) atoms. The van der Waals surface area contributed by atoms with Crippen molar-refractivity contribution < 1.29 is 13.2 Å². The molecule has 1 aromatic rings. The van der Waals surface area contributed by atoms with Crippen molar-refractivity contribution in [3.8, 4) is 0 Å². The van der Waals surface area contributed by atoms with Gasteiger partial charge in [-0.3, -0.25) is 4.79 Å². The Labute approximate surface area is 130 Å². The number of amides is 1. The van der Waals surface area contributed by atoms with Gasteiger partial charge in [0, 0.05) is 12.6 Å². The molecule has 0 N–H and O–H groups in total. The standard InChI is InChI=1S/C15H18ClNO3S/c1-10-2-5-12(13(16)8-10)15(18)17-6-7-21(19,20)9-14(17)11-3-4-11/h2,5,8,11,14H,3-4,6-7,9H2,1H3. The summed E-state index contributed by atoms with van der Waals surface area (Å²) in [5.74, 6) is 0.318. The molecule has 2 fully saturated rings. The topological polar surface area (TPSA) is 54.5 Å². The van der Waals surface area contributed by atoms with Gasteiger partial charge >= 0.3 is 0 Å². The summed E-state index contributed by atoms with van der Waals surface area (Å²) < 4.78 is 23.7. The highest BCUT2D eigenvalue weighted by Crippen LogP contribution is 2.38. The number of hydrogen-bond acceptors (Lipinski definition) is 3. The Morgan fingerprint density at radius 1 is 1.33 bits per heavy atom. The van der Waals surface area contributed by atoms with E-state index in [4.69, 9.17) is 11.6 Å². The molecular formula is C15H18ClNO3S. The van der Waals surface area contributed by atoms with E-state index in [0.717, 1.165) is 18.4 Å². The van der Waals surface area contributed by atoms with Gasteiger partial charge in [0.25, 0.3) is 5.91 Å². The average Bonchev–Trinajstić information content (AvgIpc) is 3.21. The maximum absolute atomic E-state index is 12.7. The second-order valence-corrected chi connectivity index (χ2v) is 8.64. The number of rotatable bonds is 2. The van der Waals surface area contributed by atoms with Crippen LogP contribution in [0.3, 0.4) is 0 Å². The van der Waals surface area contributed by atoms with Gasteiger partial charge in [-0.05, 0) is 43.4 Å². The van der Waals surface area contributed by atoms with Crippen LogP contribution in [0.1, 0.15) is 28.8 Å². The fraction of sp³-hybridized carbons (Fsp3) is 0.533. The SMILES string of the molecule is Cc1ccc(C(=O)N2CCS(=O)(=O)CC2C2CC2)c(Cl)c1. The number of sulfone groups is 1. The number of carbonyl (C=O) groups is 1. The summed E-state index contributed by atoms with van der Waals surface area (Å²) in [4.78, 5) is 14.4. The molecule has 0 spiro atoms. The number of halogens is 1. The molecule has 1 saturated heterocycles. The third kappa shape index (κ3) is 3.09. The smallest absolute Gasteiger partial charge is 0.255 e. The summed E-state index contributed by atoms with van der Waals surface area (Å²) in [5, 5.41) is 0.433. The molecule has 0 aromatic heterocycles. The van der Waals surface area contributed by atoms with Crippen molar-refractivity contribution in [2.45, 2.75) is 25.8 Å². The highest BCUT2D eigenvalue weighted by atomic mass is 35.5. The molecule has 114 valence electrons. The lowest BCUT2D eigenvalue weighted by Gasteiger charge is -2.36. The van der Waals surface area contributed by atoms with Crippen LogP contribution in [0.5, 0.6) is 0 Å². The highest BCUT2D eigenvalue weighted by molar-refractivity contribution is 7.91. The van der Waals surface area contributed by atoms with Crippen LogP contribution < -0.4 is 0 Å². The maximum Gasteiger partial charge on any atom is 0.255 e. The minimum atomic E-state index is -3.03. The number of carbonyl (C=O) groups excluding carboxylic acids is 1. The molecule has 4 nitrogen and oxygen atoms in total. The number of nitrogens with zero attached hydrogens (tertiary/aromatic N) is 1. The predicted octanol–water partition coefficient (Wildman–Crippen LogP) is 2.30. The van der Waals surface area contributed by atoms with Crippen LogP contribution in [0, 0.1) is 12.8 Å². The largest absolute Gasteiger partial charge is 0.333 e. The molecule has 1 aliphatic carbocycles. The minimum absolute atomic E-state index is 0.0471. The van der Waals surface area contributed by atoms with Gasteiger partial charge in [-0.1, -0.05) is 17.7 Å². The normalized spacial score (nSPS) is 24.9. The second-order valence-electron chi connectivity index (χ2n) is 6.00. The van der Waals surface area contributed by atoms with Crippen LogP contribution in [-0.2, 0) is 9.84 Å². The van der Waals surface area contributed by atoms with Gasteiger partial charge in [-0.2, -0.15) is 0 Å². The lowest BCUT2D eigenvalue weighted by Crippen LogP contribution is -2.52. The molecule has 1 aromatic carbocycles. The van der Waals surface area contributed by atoms with Crippen molar-refractivity contribution in [1.82, 2.24) is 4.90 Å². The summed E-state index contributed by atoms with van der Waals surface area (Å²) in [6, 6.07) is 5.16. The van der Waals surface area contributed by atoms with Crippen molar-refractivity contribution in [1.29, 1.82) is 0 Å². The van der Waals surface area contributed by atoms with Crippen LogP contribution in [0.15, 0.2) is 18.2 Å². The lowest BCUT2D eigenvalue weighted by atomic mass is 10.1. The number of benzene rings is 1. The Morgan fingerprint density at radius 3 is 2.67 bits per heavy atom. The second kappa shape index (κ2) is 5.29. The maximum atomic E-state index is 12.7. The van der Waals surface area contributed by atoms with E-state index >= 15 is 0 Å². The third-order valence-electron chi connectivity index (χ3n) is 4.25. The minimum Gasteiger partial charge on any atom is -0.333 e. The Hall–Kier alpha value is -1.07. The van der Waals surface area contributed by atoms with E-state index in [-0.39, 0.29) is 30.0 Å². The summed E-state index contributed by atoms with van der Waals surface area (Å²) >= 11 is 6.18. The molecule has 0 radical (unpaired) electrons. The van der Waals surface area contributed by atoms with E-state index in [1.165, 1.54) is 0 Å². The van der Waals surface area contributed by atoms with Gasteiger partial charge in [-0.25, -0.2) is 8.42 Å².